The SMILES string of the molecule is CCCC1CC(C)=C([N+](C)(C)CCC(C)C)CC(C)C1. The summed E-state index contributed by atoms with van der Waals surface area (Å²) in [5.41, 5.74) is 3.43. The van der Waals surface area contributed by atoms with E-state index in [2.05, 4.69) is 48.7 Å². The molecule has 1 aliphatic carbocycles. The van der Waals surface area contributed by atoms with Gasteiger partial charge in [0.15, 0.2) is 0 Å². The second-order valence-electron chi connectivity index (χ2n) is 8.22. The van der Waals surface area contributed by atoms with Gasteiger partial charge in [-0.1, -0.05) is 40.5 Å². The van der Waals surface area contributed by atoms with Crippen LogP contribution in [0.5, 0.6) is 0 Å². The van der Waals surface area contributed by atoms with Crippen molar-refractivity contribution in [3.63, 3.8) is 0 Å². The van der Waals surface area contributed by atoms with Gasteiger partial charge in [0.1, 0.15) is 5.70 Å². The fraction of sp³-hybridized carbons (Fsp3) is 0.895. The number of rotatable bonds is 6. The first kappa shape index (κ1) is 17.8. The summed E-state index contributed by atoms with van der Waals surface area (Å²) in [7, 11) is 4.85. The lowest BCUT2D eigenvalue weighted by Gasteiger charge is -2.34. The fourth-order valence-corrected chi connectivity index (χ4v) is 3.90. The number of nitrogens with zero attached hydrogens (tertiary/aromatic N) is 1. The van der Waals surface area contributed by atoms with E-state index in [0.29, 0.717) is 0 Å². The average molecular weight is 281 g/mol. The second kappa shape index (κ2) is 7.64. The smallest absolute Gasteiger partial charge is 0.107 e. The Balaban J connectivity index is 2.86. The van der Waals surface area contributed by atoms with Gasteiger partial charge in [0.25, 0.3) is 0 Å². The van der Waals surface area contributed by atoms with Crippen molar-refractivity contribution in [2.75, 3.05) is 20.6 Å². The van der Waals surface area contributed by atoms with Crippen LogP contribution in [0.15, 0.2) is 11.3 Å². The Labute approximate surface area is 128 Å². The summed E-state index contributed by atoms with van der Waals surface area (Å²) < 4.78 is 1.12. The Morgan fingerprint density at radius 2 is 1.85 bits per heavy atom. The number of quaternary nitrogens is 1. The summed E-state index contributed by atoms with van der Waals surface area (Å²) in [5, 5.41) is 0. The van der Waals surface area contributed by atoms with E-state index in [1.807, 2.05) is 0 Å². The summed E-state index contributed by atoms with van der Waals surface area (Å²) in [4.78, 5) is 0. The van der Waals surface area contributed by atoms with E-state index in [0.717, 1.165) is 22.2 Å². The van der Waals surface area contributed by atoms with E-state index < -0.39 is 0 Å². The zero-order valence-electron chi connectivity index (χ0n) is 15.1. The summed E-state index contributed by atoms with van der Waals surface area (Å²) >= 11 is 0. The molecule has 1 nitrogen and oxygen atoms in total. The van der Waals surface area contributed by atoms with E-state index in [-0.39, 0.29) is 0 Å². The maximum Gasteiger partial charge on any atom is 0.107 e. The lowest BCUT2D eigenvalue weighted by molar-refractivity contribution is -0.855. The summed E-state index contributed by atoms with van der Waals surface area (Å²) in [6.07, 6.45) is 8.17. The van der Waals surface area contributed by atoms with Gasteiger partial charge in [0.2, 0.25) is 0 Å². The van der Waals surface area contributed by atoms with E-state index in [1.165, 1.54) is 45.1 Å². The van der Waals surface area contributed by atoms with Gasteiger partial charge in [-0.05, 0) is 49.5 Å². The van der Waals surface area contributed by atoms with Crippen molar-refractivity contribution in [3.05, 3.63) is 11.3 Å². The lowest BCUT2D eigenvalue weighted by atomic mass is 9.89. The maximum atomic E-state index is 2.46. The topological polar surface area (TPSA) is 0 Å². The Morgan fingerprint density at radius 3 is 2.40 bits per heavy atom. The summed E-state index contributed by atoms with van der Waals surface area (Å²) in [6, 6.07) is 0. The molecule has 118 valence electrons. The average Bonchev–Trinajstić information content (AvgIpc) is 2.47. The number of hydrogen-bond acceptors (Lipinski definition) is 0. The van der Waals surface area contributed by atoms with Crippen LogP contribution < -0.4 is 0 Å². The fourth-order valence-electron chi connectivity index (χ4n) is 3.90. The van der Waals surface area contributed by atoms with E-state index >= 15 is 0 Å². The van der Waals surface area contributed by atoms with Crippen molar-refractivity contribution in [3.8, 4) is 0 Å². The maximum absolute atomic E-state index is 2.46. The molecule has 0 radical (unpaired) electrons. The van der Waals surface area contributed by atoms with Gasteiger partial charge in [-0.25, -0.2) is 0 Å². The molecule has 0 aliphatic heterocycles. The van der Waals surface area contributed by atoms with Crippen LogP contribution in [0.25, 0.3) is 0 Å². The highest BCUT2D eigenvalue weighted by molar-refractivity contribution is 5.10. The van der Waals surface area contributed by atoms with Crippen LogP contribution >= 0.6 is 0 Å². The Morgan fingerprint density at radius 1 is 1.20 bits per heavy atom. The molecular formula is C19H38N+. The highest BCUT2D eigenvalue weighted by Crippen LogP contribution is 2.37. The molecule has 0 aromatic carbocycles. The third-order valence-electron chi connectivity index (χ3n) is 5.06. The van der Waals surface area contributed by atoms with E-state index in [9.17, 15) is 0 Å². The Hall–Kier alpha value is -0.300. The normalized spacial score (nSPS) is 25.2. The Bertz CT molecular complexity index is 325. The van der Waals surface area contributed by atoms with Gasteiger partial charge in [-0.15, -0.1) is 0 Å². The highest BCUT2D eigenvalue weighted by Gasteiger charge is 2.30. The lowest BCUT2D eigenvalue weighted by Crippen LogP contribution is -2.41. The summed E-state index contributed by atoms with van der Waals surface area (Å²) in [5.74, 6) is 2.59. The van der Waals surface area contributed by atoms with Crippen LogP contribution in [0.4, 0.5) is 0 Å². The molecule has 0 spiro atoms. The van der Waals surface area contributed by atoms with Crippen molar-refractivity contribution in [2.24, 2.45) is 17.8 Å². The first-order chi connectivity index (χ1) is 9.26. The van der Waals surface area contributed by atoms with Gasteiger partial charge in [-0.3, -0.25) is 4.48 Å². The molecule has 0 heterocycles. The van der Waals surface area contributed by atoms with Crippen molar-refractivity contribution in [1.82, 2.24) is 0 Å². The molecule has 20 heavy (non-hydrogen) atoms. The van der Waals surface area contributed by atoms with E-state index in [4.69, 9.17) is 0 Å². The molecule has 0 saturated carbocycles. The predicted molar refractivity (Wildman–Crippen MR) is 90.5 cm³/mol. The largest absolute Gasteiger partial charge is 0.300 e. The molecule has 0 bridgehead atoms. The third-order valence-corrected chi connectivity index (χ3v) is 5.06. The van der Waals surface area contributed by atoms with Gasteiger partial charge in [0.05, 0.1) is 20.6 Å². The minimum atomic E-state index is 0.810. The molecule has 2 atom stereocenters. The zero-order chi connectivity index (χ0) is 15.3. The van der Waals surface area contributed by atoms with Gasteiger partial charge < -0.3 is 0 Å². The van der Waals surface area contributed by atoms with Gasteiger partial charge >= 0.3 is 0 Å². The molecule has 1 rings (SSSR count). The number of hydrogen-bond donors (Lipinski definition) is 0. The number of allylic oxidation sites excluding steroid dienone is 2. The van der Waals surface area contributed by atoms with Crippen LogP contribution in [-0.2, 0) is 0 Å². The minimum absolute atomic E-state index is 0.810. The van der Waals surface area contributed by atoms with Crippen molar-refractivity contribution < 1.29 is 4.48 Å². The summed E-state index contributed by atoms with van der Waals surface area (Å²) in [6.45, 7) is 13.2. The minimum Gasteiger partial charge on any atom is -0.300 e. The van der Waals surface area contributed by atoms with Crippen LogP contribution in [0.3, 0.4) is 0 Å². The molecule has 1 aliphatic rings. The molecule has 0 N–H and O–H groups in total. The van der Waals surface area contributed by atoms with Crippen molar-refractivity contribution in [1.29, 1.82) is 0 Å². The van der Waals surface area contributed by atoms with Gasteiger partial charge in [-0.2, -0.15) is 0 Å². The molecular weight excluding hydrogens is 242 g/mol. The Kier molecular flexibility index (Phi) is 6.78. The highest BCUT2D eigenvalue weighted by atomic mass is 15.3. The molecule has 0 fully saturated rings. The first-order valence-corrected chi connectivity index (χ1v) is 8.78. The van der Waals surface area contributed by atoms with Gasteiger partial charge in [0, 0.05) is 6.42 Å². The van der Waals surface area contributed by atoms with Crippen molar-refractivity contribution in [2.45, 2.75) is 73.1 Å². The monoisotopic (exact) mass is 280 g/mol. The predicted octanol–water partition coefficient (Wildman–Crippen LogP) is 5.62. The van der Waals surface area contributed by atoms with Crippen LogP contribution in [0, 0.1) is 17.8 Å². The third kappa shape index (κ3) is 5.24. The van der Waals surface area contributed by atoms with Crippen LogP contribution in [0.1, 0.15) is 73.1 Å². The molecule has 0 saturated heterocycles. The van der Waals surface area contributed by atoms with Crippen molar-refractivity contribution >= 4 is 0 Å². The second-order valence-corrected chi connectivity index (χ2v) is 8.22. The molecule has 0 aromatic heterocycles. The van der Waals surface area contributed by atoms with E-state index in [1.54, 1.807) is 11.3 Å². The van der Waals surface area contributed by atoms with Crippen LogP contribution in [-0.4, -0.2) is 25.1 Å². The molecule has 0 amide bonds. The zero-order valence-corrected chi connectivity index (χ0v) is 15.1. The molecule has 2 unspecified atom stereocenters. The quantitative estimate of drug-likeness (QED) is 0.554. The first-order valence-electron chi connectivity index (χ1n) is 8.78. The van der Waals surface area contributed by atoms with Crippen LogP contribution in [0.2, 0.25) is 0 Å². The molecule has 1 heteroatoms. The molecule has 0 aromatic rings. The standard InChI is InChI=1S/C19H38N/c1-8-9-18-12-16(4)13-19(17(5)14-18)20(6,7)11-10-15(2)3/h15-16,18H,8-14H2,1-7H3/q+1.